The van der Waals surface area contributed by atoms with Crippen molar-refractivity contribution in [2.75, 3.05) is 91.1 Å². The number of nitrogens with zero attached hydrogens (tertiary/aromatic N) is 11. The lowest BCUT2D eigenvalue weighted by Gasteiger charge is -2.35. The maximum Gasteiger partial charge on any atom is 0.411 e. The number of carbonyl (C=O) groups excluding carboxylic acids is 3. The van der Waals surface area contributed by atoms with Crippen LogP contribution in [0.5, 0.6) is 11.5 Å². The number of benzene rings is 4. The van der Waals surface area contributed by atoms with Gasteiger partial charge in [0.1, 0.15) is 36.4 Å². The van der Waals surface area contributed by atoms with E-state index in [1.54, 1.807) is 61.7 Å². The second-order valence-corrected chi connectivity index (χ2v) is 25.5. The number of ether oxygens (including phenoxy) is 1. The van der Waals surface area contributed by atoms with Crippen LogP contribution in [0.1, 0.15) is 91.3 Å². The van der Waals surface area contributed by atoms with Gasteiger partial charge in [0.05, 0.1) is 22.2 Å². The van der Waals surface area contributed by atoms with Gasteiger partial charge in [0.2, 0.25) is 5.91 Å². The summed E-state index contributed by atoms with van der Waals surface area (Å²) in [6, 6.07) is 23.3. The molecule has 1 saturated carbocycles. The average Bonchev–Trinajstić information content (AvgIpc) is 4.29. The molecular formula is C62H76FN11O7S2. The molecule has 0 unspecified atom stereocenters. The van der Waals surface area contributed by atoms with E-state index in [1.165, 1.54) is 40.1 Å². The smallest absolute Gasteiger partial charge is 0.411 e. The highest BCUT2D eigenvalue weighted by atomic mass is 33.1. The molecule has 21 heteroatoms. The Labute approximate surface area is 492 Å². The van der Waals surface area contributed by atoms with Crippen molar-refractivity contribution < 1.29 is 33.7 Å². The molecule has 0 atom stereocenters. The Bertz CT molecular complexity index is 3510. The third-order valence-electron chi connectivity index (χ3n) is 16.3. The van der Waals surface area contributed by atoms with Crippen LogP contribution < -0.4 is 5.56 Å². The number of aryl methyl sites for hydroxylation is 2. The molecule has 7 aromatic rings. The quantitative estimate of drug-likeness (QED) is 0.0456. The number of rotatable bonds is 23. The number of likely N-dealkylation sites (tertiary alicyclic amines) is 1. The second-order valence-electron chi connectivity index (χ2n) is 22.8. The van der Waals surface area contributed by atoms with Crippen LogP contribution in [0, 0.1) is 24.6 Å². The van der Waals surface area contributed by atoms with Crippen molar-refractivity contribution in [2.24, 2.45) is 11.8 Å². The Hall–Kier alpha value is -6.94. The number of halogens is 1. The van der Waals surface area contributed by atoms with E-state index in [9.17, 15) is 29.4 Å². The summed E-state index contributed by atoms with van der Waals surface area (Å²) in [4.78, 5) is 63.4. The Kier molecular flexibility index (Phi) is 19.1. The summed E-state index contributed by atoms with van der Waals surface area (Å²) in [5.74, 6) is 2.75. The van der Waals surface area contributed by atoms with Crippen molar-refractivity contribution in [1.82, 2.24) is 53.6 Å². The van der Waals surface area contributed by atoms with Gasteiger partial charge in [-0.3, -0.25) is 23.9 Å². The third kappa shape index (κ3) is 14.2. The summed E-state index contributed by atoms with van der Waals surface area (Å²) in [5, 5.41) is 37.1. The Morgan fingerprint density at radius 2 is 1.57 bits per heavy atom. The van der Waals surface area contributed by atoms with Crippen LogP contribution in [0.4, 0.5) is 9.18 Å². The van der Waals surface area contributed by atoms with Gasteiger partial charge in [0.25, 0.3) is 11.5 Å². The number of fused-ring (bicyclic) bond motifs is 2. The molecule has 440 valence electrons. The van der Waals surface area contributed by atoms with Gasteiger partial charge < -0.3 is 39.1 Å². The van der Waals surface area contributed by atoms with Gasteiger partial charge in [-0.05, 0) is 151 Å². The van der Waals surface area contributed by atoms with E-state index in [0.717, 1.165) is 74.3 Å². The van der Waals surface area contributed by atoms with Crippen molar-refractivity contribution in [3.63, 3.8) is 0 Å². The standard InChI is InChI=1S/C62H76FN11O7S2/c1-41(2)50-38-52(57(76)39-56(50)75)58-65-64-42(3)74(58)47-14-16-55-46(37-47)20-25-69(55)24-19-43-17-22-68(23-18-43)21-8-33-82-83-34-32-81-62(80)72(27-26-67(4)5)40-73-61(79)49-10-7-6-9-48(49)54(66-73)36-44-11-15-53(63)51(35-44)60(78)71-30-28-70(29-31-71)59(77)45-12-13-45/h6-7,9-11,14-16,20,25,35,37-39,41,43,45,75-76H,8,12-13,17-19,21-24,26-34,36,40H2,1-5H3. The predicted octanol–water partition coefficient (Wildman–Crippen LogP) is 9.40. The minimum absolute atomic E-state index is 0.0456. The molecule has 4 aromatic carbocycles. The van der Waals surface area contributed by atoms with Gasteiger partial charge in [-0.15, -0.1) is 10.2 Å². The number of piperazine rings is 1. The fraction of sp³-hybridized carbons (Fsp3) is 0.468. The Morgan fingerprint density at radius 1 is 0.819 bits per heavy atom. The number of aromatic hydroxyl groups is 2. The van der Waals surface area contributed by atoms with Gasteiger partial charge in [-0.25, -0.2) is 13.9 Å². The van der Waals surface area contributed by atoms with Crippen LogP contribution in [0.3, 0.4) is 0 Å². The maximum absolute atomic E-state index is 15.3. The molecule has 2 aliphatic heterocycles. The first-order chi connectivity index (χ1) is 40.1. The molecule has 18 nitrogen and oxygen atoms in total. The van der Waals surface area contributed by atoms with Crippen LogP contribution in [-0.4, -0.2) is 173 Å². The van der Waals surface area contributed by atoms with Gasteiger partial charge in [-0.2, -0.15) is 5.10 Å². The number of carbonyl (C=O) groups is 3. The summed E-state index contributed by atoms with van der Waals surface area (Å²) in [6.45, 7) is 12.5. The zero-order valence-corrected chi connectivity index (χ0v) is 49.8. The fourth-order valence-electron chi connectivity index (χ4n) is 11.3. The van der Waals surface area contributed by atoms with Crippen molar-refractivity contribution >= 4 is 61.2 Å². The van der Waals surface area contributed by atoms with Gasteiger partial charge in [-0.1, -0.05) is 59.7 Å². The summed E-state index contributed by atoms with van der Waals surface area (Å²) in [5.41, 5.74) is 4.10. The highest BCUT2D eigenvalue weighted by Gasteiger charge is 2.36. The zero-order valence-electron chi connectivity index (χ0n) is 48.2. The number of hydrogen-bond donors (Lipinski definition) is 2. The topological polar surface area (TPSA) is 188 Å². The lowest BCUT2D eigenvalue weighted by atomic mass is 9.93. The first-order valence-electron chi connectivity index (χ1n) is 29.1. The summed E-state index contributed by atoms with van der Waals surface area (Å²) in [6.07, 6.45) is 8.21. The van der Waals surface area contributed by atoms with Crippen molar-refractivity contribution in [3.05, 3.63) is 129 Å². The molecule has 3 amide bonds. The van der Waals surface area contributed by atoms with Crippen molar-refractivity contribution in [3.8, 4) is 28.6 Å². The average molecular weight is 1170 g/mol. The van der Waals surface area contributed by atoms with Crippen LogP contribution in [0.25, 0.3) is 38.8 Å². The summed E-state index contributed by atoms with van der Waals surface area (Å²) in [7, 11) is 7.30. The molecule has 0 radical (unpaired) electrons. The molecule has 0 bridgehead atoms. The molecule has 0 spiro atoms. The molecule has 2 N–H and O–H groups in total. The maximum atomic E-state index is 15.3. The van der Waals surface area contributed by atoms with Crippen LogP contribution in [0.2, 0.25) is 0 Å². The lowest BCUT2D eigenvalue weighted by Crippen LogP contribution is -2.51. The largest absolute Gasteiger partial charge is 0.508 e. The number of amides is 3. The molecule has 3 fully saturated rings. The minimum atomic E-state index is -0.630. The molecule has 2 saturated heterocycles. The predicted molar refractivity (Wildman–Crippen MR) is 325 cm³/mol. The van der Waals surface area contributed by atoms with Crippen LogP contribution >= 0.6 is 21.6 Å². The van der Waals surface area contributed by atoms with Crippen molar-refractivity contribution in [2.45, 2.75) is 84.8 Å². The number of phenols is 2. The first-order valence-corrected chi connectivity index (χ1v) is 31.5. The molecule has 83 heavy (non-hydrogen) atoms. The first kappa shape index (κ1) is 59.2. The highest BCUT2D eigenvalue weighted by molar-refractivity contribution is 8.76. The molecule has 5 heterocycles. The van der Waals surface area contributed by atoms with Gasteiger partial charge >= 0.3 is 6.09 Å². The van der Waals surface area contributed by atoms with E-state index < -0.39 is 17.8 Å². The summed E-state index contributed by atoms with van der Waals surface area (Å²) >= 11 is 0. The van der Waals surface area contributed by atoms with E-state index in [1.807, 2.05) is 56.5 Å². The number of piperidine rings is 1. The van der Waals surface area contributed by atoms with E-state index in [0.29, 0.717) is 90.2 Å². The zero-order chi connectivity index (χ0) is 58.3. The molecule has 3 aliphatic rings. The number of likely N-dealkylation sites (N-methyl/N-ethyl adjacent to an activating group) is 1. The van der Waals surface area contributed by atoms with Crippen LogP contribution in [-0.2, 0) is 29.2 Å². The van der Waals surface area contributed by atoms with E-state index in [4.69, 9.17) is 9.84 Å². The SMILES string of the molecule is Cc1nnc(-c2cc(C(C)C)c(O)cc2O)n1-c1ccc2c(ccn2CCC2CCN(CCCSSCCOC(=O)N(CCN(C)C)Cn3nc(Cc4ccc(F)c(C(=O)N5CCN(C(=O)C6CC6)CC5)c4)c4ccccc4c3=O)CC2)c1. The Balaban J connectivity index is 0.658. The number of hydrogen-bond acceptors (Lipinski definition) is 14. The Morgan fingerprint density at radius 3 is 2.31 bits per heavy atom. The monoisotopic (exact) mass is 1170 g/mol. The number of phenolic OH excluding ortho intramolecular Hbond substituents is 2. The summed E-state index contributed by atoms with van der Waals surface area (Å²) < 4.78 is 26.7. The molecular weight excluding hydrogens is 1090 g/mol. The molecule has 3 aromatic heterocycles. The molecule has 1 aliphatic carbocycles. The van der Waals surface area contributed by atoms with Crippen LogP contribution in [0.15, 0.2) is 89.9 Å². The minimum Gasteiger partial charge on any atom is -0.508 e. The normalized spacial score (nSPS) is 15.3. The second kappa shape index (κ2) is 26.7. The van der Waals surface area contributed by atoms with E-state index >= 15 is 4.39 Å². The molecule has 10 rings (SSSR count). The fourth-order valence-corrected chi connectivity index (χ4v) is 13.2. The lowest BCUT2D eigenvalue weighted by molar-refractivity contribution is -0.134. The third-order valence-corrected chi connectivity index (χ3v) is 18.7. The number of aromatic nitrogens is 6. The van der Waals surface area contributed by atoms with E-state index in [2.05, 4.69) is 50.1 Å². The van der Waals surface area contributed by atoms with Crippen molar-refractivity contribution in [1.29, 1.82) is 0 Å². The van der Waals surface area contributed by atoms with Gasteiger partial charge in [0.15, 0.2) is 5.82 Å². The van der Waals surface area contributed by atoms with Gasteiger partial charge in [0, 0.05) is 104 Å². The highest BCUT2D eigenvalue weighted by Crippen LogP contribution is 2.39. The van der Waals surface area contributed by atoms with E-state index in [-0.39, 0.29) is 60.1 Å².